The normalized spacial score (nSPS) is 28.2. The third-order valence-corrected chi connectivity index (χ3v) is 3.99. The van der Waals surface area contributed by atoms with Crippen LogP contribution in [-0.2, 0) is 16.0 Å². The molecule has 0 amide bonds. The fourth-order valence-electron chi connectivity index (χ4n) is 2.51. The molecule has 0 bridgehead atoms. The summed E-state index contributed by atoms with van der Waals surface area (Å²) in [5.74, 6) is 0.257. The molecule has 1 fully saturated rings. The summed E-state index contributed by atoms with van der Waals surface area (Å²) in [7, 11) is 0. The maximum atomic E-state index is 11.7. The number of hydrogen-bond acceptors (Lipinski definition) is 2. The number of hydrogen-bond donors (Lipinski definition) is 0. The largest absolute Gasteiger partial charge is 0.377 e. The van der Waals surface area contributed by atoms with Crippen LogP contribution in [-0.4, -0.2) is 18.5 Å². The third kappa shape index (κ3) is 2.58. The number of aryl methyl sites for hydroxylation is 1. The molecule has 92 valence electrons. The van der Waals surface area contributed by atoms with Crippen LogP contribution in [0.4, 0.5) is 0 Å². The van der Waals surface area contributed by atoms with E-state index in [0.717, 1.165) is 25.9 Å². The highest BCUT2D eigenvalue weighted by molar-refractivity contribution is 5.82. The Labute approximate surface area is 103 Å². The lowest BCUT2D eigenvalue weighted by molar-refractivity contribution is -0.128. The van der Waals surface area contributed by atoms with Gasteiger partial charge in [-0.25, -0.2) is 0 Å². The van der Waals surface area contributed by atoms with Crippen LogP contribution >= 0.6 is 0 Å². The van der Waals surface area contributed by atoms with Crippen LogP contribution in [0.3, 0.4) is 0 Å². The topological polar surface area (TPSA) is 26.3 Å². The van der Waals surface area contributed by atoms with Crippen molar-refractivity contribution < 1.29 is 9.53 Å². The molecule has 0 aromatic heterocycles. The molecule has 1 aliphatic rings. The molecule has 0 unspecified atom stereocenters. The molecule has 17 heavy (non-hydrogen) atoms. The second-order valence-corrected chi connectivity index (χ2v) is 5.11. The predicted molar refractivity (Wildman–Crippen MR) is 67.9 cm³/mol. The molecule has 2 atom stereocenters. The molecule has 0 radical (unpaired) electrons. The molecule has 1 aliphatic heterocycles. The molecule has 2 heteroatoms. The van der Waals surface area contributed by atoms with Crippen LogP contribution in [0.2, 0.25) is 0 Å². The molecule has 0 N–H and O–H groups in total. The Morgan fingerprint density at radius 3 is 2.76 bits per heavy atom. The highest BCUT2D eigenvalue weighted by Crippen LogP contribution is 2.37. The van der Waals surface area contributed by atoms with Crippen molar-refractivity contribution in [1.82, 2.24) is 0 Å². The second kappa shape index (κ2) is 5.01. The van der Waals surface area contributed by atoms with Gasteiger partial charge in [-0.05, 0) is 31.7 Å². The molecule has 1 aromatic rings. The SMILES string of the molecule is CC(=O)[C@@]1(C)CCO[C@H]1CCc1ccccc1. The lowest BCUT2D eigenvalue weighted by Gasteiger charge is -2.27. The zero-order valence-electron chi connectivity index (χ0n) is 10.6. The zero-order chi connectivity index (χ0) is 12.3. The van der Waals surface area contributed by atoms with Gasteiger partial charge in [0, 0.05) is 6.61 Å². The van der Waals surface area contributed by atoms with Gasteiger partial charge in [0.1, 0.15) is 5.78 Å². The first-order chi connectivity index (χ1) is 8.13. The molecule has 1 aromatic carbocycles. The minimum atomic E-state index is -0.269. The van der Waals surface area contributed by atoms with Crippen molar-refractivity contribution in [1.29, 1.82) is 0 Å². The lowest BCUT2D eigenvalue weighted by atomic mass is 9.78. The Kier molecular flexibility index (Phi) is 3.63. The van der Waals surface area contributed by atoms with Gasteiger partial charge in [0.05, 0.1) is 11.5 Å². The van der Waals surface area contributed by atoms with Gasteiger partial charge in [0.15, 0.2) is 0 Å². The third-order valence-electron chi connectivity index (χ3n) is 3.99. The highest BCUT2D eigenvalue weighted by atomic mass is 16.5. The minimum Gasteiger partial charge on any atom is -0.377 e. The maximum absolute atomic E-state index is 11.7. The van der Waals surface area contributed by atoms with Crippen molar-refractivity contribution in [2.45, 2.75) is 39.2 Å². The summed E-state index contributed by atoms with van der Waals surface area (Å²) in [6.07, 6.45) is 2.86. The van der Waals surface area contributed by atoms with E-state index in [4.69, 9.17) is 4.74 Å². The van der Waals surface area contributed by atoms with E-state index in [9.17, 15) is 4.79 Å². The zero-order valence-corrected chi connectivity index (χ0v) is 10.6. The highest BCUT2D eigenvalue weighted by Gasteiger charge is 2.43. The van der Waals surface area contributed by atoms with Crippen molar-refractivity contribution >= 4 is 5.78 Å². The second-order valence-electron chi connectivity index (χ2n) is 5.11. The fraction of sp³-hybridized carbons (Fsp3) is 0.533. The minimum absolute atomic E-state index is 0.0835. The molecule has 0 aliphatic carbocycles. The van der Waals surface area contributed by atoms with Crippen LogP contribution in [0.25, 0.3) is 0 Å². The van der Waals surface area contributed by atoms with Crippen LogP contribution in [0.5, 0.6) is 0 Å². The molecule has 2 rings (SSSR count). The number of ether oxygens (including phenoxy) is 1. The van der Waals surface area contributed by atoms with E-state index in [1.54, 1.807) is 6.92 Å². The summed E-state index contributed by atoms with van der Waals surface area (Å²) in [5, 5.41) is 0. The Balaban J connectivity index is 1.97. The van der Waals surface area contributed by atoms with E-state index in [-0.39, 0.29) is 17.3 Å². The average molecular weight is 232 g/mol. The summed E-state index contributed by atoms with van der Waals surface area (Å²) >= 11 is 0. The molecule has 2 nitrogen and oxygen atoms in total. The predicted octanol–water partition coefficient (Wildman–Crippen LogP) is 3.00. The number of benzene rings is 1. The van der Waals surface area contributed by atoms with Gasteiger partial charge < -0.3 is 4.74 Å². The van der Waals surface area contributed by atoms with Crippen molar-refractivity contribution in [2.75, 3.05) is 6.61 Å². The van der Waals surface area contributed by atoms with E-state index >= 15 is 0 Å². The van der Waals surface area contributed by atoms with Crippen LogP contribution in [0.15, 0.2) is 30.3 Å². The summed E-state index contributed by atoms with van der Waals surface area (Å²) in [6, 6.07) is 10.4. The quantitative estimate of drug-likeness (QED) is 0.797. The first-order valence-electron chi connectivity index (χ1n) is 6.29. The van der Waals surface area contributed by atoms with Gasteiger partial charge in [0.2, 0.25) is 0 Å². The van der Waals surface area contributed by atoms with Gasteiger partial charge in [0.25, 0.3) is 0 Å². The average Bonchev–Trinajstić information content (AvgIpc) is 2.71. The summed E-state index contributed by atoms with van der Waals surface area (Å²) < 4.78 is 5.73. The summed E-state index contributed by atoms with van der Waals surface area (Å²) in [6.45, 7) is 4.44. The van der Waals surface area contributed by atoms with Gasteiger partial charge in [-0.1, -0.05) is 37.3 Å². The van der Waals surface area contributed by atoms with E-state index in [1.165, 1.54) is 5.56 Å². The molecular weight excluding hydrogens is 212 g/mol. The molecule has 1 heterocycles. The van der Waals surface area contributed by atoms with E-state index < -0.39 is 0 Å². The Hall–Kier alpha value is -1.15. The Bertz CT molecular complexity index is 385. The first-order valence-corrected chi connectivity index (χ1v) is 6.29. The van der Waals surface area contributed by atoms with Gasteiger partial charge >= 0.3 is 0 Å². The number of ketones is 1. The van der Waals surface area contributed by atoms with Crippen molar-refractivity contribution in [2.24, 2.45) is 5.41 Å². The van der Waals surface area contributed by atoms with E-state index in [0.29, 0.717) is 0 Å². The lowest BCUT2D eigenvalue weighted by Crippen LogP contribution is -2.34. The maximum Gasteiger partial charge on any atom is 0.138 e. The van der Waals surface area contributed by atoms with Gasteiger partial charge in [-0.2, -0.15) is 0 Å². The molecule has 0 spiro atoms. The molecular formula is C15H20O2. The van der Waals surface area contributed by atoms with Crippen LogP contribution < -0.4 is 0 Å². The molecule has 1 saturated heterocycles. The summed E-state index contributed by atoms with van der Waals surface area (Å²) in [4.78, 5) is 11.7. The Morgan fingerprint density at radius 2 is 2.12 bits per heavy atom. The number of Topliss-reactive ketones (excluding diaryl/α,β-unsaturated/α-hetero) is 1. The smallest absolute Gasteiger partial charge is 0.138 e. The van der Waals surface area contributed by atoms with Crippen LogP contribution in [0.1, 0.15) is 32.3 Å². The Morgan fingerprint density at radius 1 is 1.41 bits per heavy atom. The fourth-order valence-corrected chi connectivity index (χ4v) is 2.51. The monoisotopic (exact) mass is 232 g/mol. The van der Waals surface area contributed by atoms with Crippen molar-refractivity contribution in [3.63, 3.8) is 0 Å². The van der Waals surface area contributed by atoms with Crippen molar-refractivity contribution in [3.05, 3.63) is 35.9 Å². The first kappa shape index (κ1) is 12.3. The van der Waals surface area contributed by atoms with Crippen LogP contribution in [0, 0.1) is 5.41 Å². The number of carbonyl (C=O) groups is 1. The van der Waals surface area contributed by atoms with Gasteiger partial charge in [-0.3, -0.25) is 4.79 Å². The molecule has 0 saturated carbocycles. The standard InChI is InChI=1S/C15H20O2/c1-12(16)15(2)10-11-17-14(15)9-8-13-6-4-3-5-7-13/h3-7,14H,8-11H2,1-2H3/t14-,15+/m0/s1. The van der Waals surface area contributed by atoms with E-state index in [1.807, 2.05) is 13.0 Å². The summed E-state index contributed by atoms with van der Waals surface area (Å²) in [5.41, 5.74) is 1.04. The van der Waals surface area contributed by atoms with Crippen molar-refractivity contribution in [3.8, 4) is 0 Å². The van der Waals surface area contributed by atoms with Gasteiger partial charge in [-0.15, -0.1) is 0 Å². The number of carbonyl (C=O) groups excluding carboxylic acids is 1. The van der Waals surface area contributed by atoms with E-state index in [2.05, 4.69) is 24.3 Å². The number of rotatable bonds is 4.